The number of rotatable bonds is 45. The summed E-state index contributed by atoms with van der Waals surface area (Å²) in [5.74, 6) is 1.60. The van der Waals surface area contributed by atoms with Crippen molar-refractivity contribution in [3.8, 4) is 0 Å². The first kappa shape index (κ1) is 56.4. The molecule has 0 aliphatic rings. The Balaban J connectivity index is 4.23. The van der Waals surface area contributed by atoms with Crippen LogP contribution in [0.3, 0.4) is 0 Å². The van der Waals surface area contributed by atoms with Crippen molar-refractivity contribution in [1.29, 1.82) is 0 Å². The van der Waals surface area contributed by atoms with Crippen molar-refractivity contribution < 1.29 is 28.6 Å². The van der Waals surface area contributed by atoms with E-state index >= 15 is 0 Å². The van der Waals surface area contributed by atoms with Crippen LogP contribution in [0.5, 0.6) is 0 Å². The molecule has 0 radical (unpaired) electrons. The lowest BCUT2D eigenvalue weighted by atomic mass is 9.99. The number of unbranched alkanes of at least 4 members (excludes halogenated alkanes) is 27. The molecule has 0 bridgehead atoms. The van der Waals surface area contributed by atoms with Crippen LogP contribution in [0.15, 0.2) is 0 Å². The van der Waals surface area contributed by atoms with Crippen molar-refractivity contribution in [3.05, 3.63) is 0 Å². The Kier molecular flexibility index (Phi) is 42.3. The molecule has 6 heteroatoms. The number of hydrogen-bond acceptors (Lipinski definition) is 6. The van der Waals surface area contributed by atoms with E-state index in [4.69, 9.17) is 14.2 Å². The SMILES string of the molecule is CCC(C)CCCCCCCCCCC(=O)O[C@H](COC(=O)CCCCCCCCCCCCCCCCCCC(C)C)COC(=O)CCCCCCCCC(C)C. The molecule has 0 amide bonds. The molecule has 0 fully saturated rings. The average molecular weight is 821 g/mol. The van der Waals surface area contributed by atoms with Gasteiger partial charge in [-0.2, -0.15) is 0 Å². The largest absolute Gasteiger partial charge is 0.462 e. The predicted molar refractivity (Wildman–Crippen MR) is 247 cm³/mol. The zero-order valence-corrected chi connectivity index (χ0v) is 39.8. The van der Waals surface area contributed by atoms with Gasteiger partial charge in [0.2, 0.25) is 0 Å². The molecule has 0 spiro atoms. The van der Waals surface area contributed by atoms with Crippen molar-refractivity contribution in [2.75, 3.05) is 13.2 Å². The Morgan fingerprint density at radius 3 is 0.897 bits per heavy atom. The molecule has 58 heavy (non-hydrogen) atoms. The van der Waals surface area contributed by atoms with Crippen molar-refractivity contribution in [1.82, 2.24) is 0 Å². The Bertz CT molecular complexity index is 900. The quantitative estimate of drug-likeness (QED) is 0.0346. The van der Waals surface area contributed by atoms with E-state index in [1.54, 1.807) is 0 Å². The molecule has 0 saturated heterocycles. The molecule has 1 unspecified atom stereocenters. The highest BCUT2D eigenvalue weighted by molar-refractivity contribution is 5.71. The molecule has 0 aromatic carbocycles. The van der Waals surface area contributed by atoms with E-state index in [9.17, 15) is 14.4 Å². The Labute approximate surface area is 361 Å². The molecule has 0 saturated carbocycles. The molecule has 0 aromatic heterocycles. The second-order valence-electron chi connectivity index (χ2n) is 19.0. The first-order valence-electron chi connectivity index (χ1n) is 25.6. The Morgan fingerprint density at radius 2 is 0.603 bits per heavy atom. The lowest BCUT2D eigenvalue weighted by Gasteiger charge is -2.18. The summed E-state index contributed by atoms with van der Waals surface area (Å²) in [7, 11) is 0. The predicted octanol–water partition coefficient (Wildman–Crippen LogP) is 16.4. The summed E-state index contributed by atoms with van der Waals surface area (Å²) in [6.45, 7) is 13.7. The fourth-order valence-electron chi connectivity index (χ4n) is 7.73. The number of carbonyl (C=O) groups excluding carboxylic acids is 3. The molecule has 0 aliphatic heterocycles. The second-order valence-corrected chi connectivity index (χ2v) is 19.0. The van der Waals surface area contributed by atoms with Gasteiger partial charge in [0.25, 0.3) is 0 Å². The molecule has 2 atom stereocenters. The minimum Gasteiger partial charge on any atom is -0.462 e. The maximum Gasteiger partial charge on any atom is 0.306 e. The monoisotopic (exact) mass is 821 g/mol. The molecule has 344 valence electrons. The molecule has 0 N–H and O–H groups in total. The topological polar surface area (TPSA) is 78.9 Å². The molecule has 0 rings (SSSR count). The van der Waals surface area contributed by atoms with Crippen LogP contribution in [0, 0.1) is 17.8 Å². The first-order chi connectivity index (χ1) is 28.1. The third-order valence-corrected chi connectivity index (χ3v) is 12.0. The van der Waals surface area contributed by atoms with Gasteiger partial charge in [-0.1, -0.05) is 241 Å². The van der Waals surface area contributed by atoms with Gasteiger partial charge in [-0.05, 0) is 37.0 Å². The van der Waals surface area contributed by atoms with Crippen molar-refractivity contribution in [3.63, 3.8) is 0 Å². The van der Waals surface area contributed by atoms with Gasteiger partial charge in [-0.25, -0.2) is 0 Å². The number of esters is 3. The smallest absolute Gasteiger partial charge is 0.306 e. The van der Waals surface area contributed by atoms with E-state index in [1.165, 1.54) is 161 Å². The summed E-state index contributed by atoms with van der Waals surface area (Å²) in [4.78, 5) is 37.8. The van der Waals surface area contributed by atoms with Crippen LogP contribution in [-0.2, 0) is 28.6 Å². The van der Waals surface area contributed by atoms with Crippen molar-refractivity contribution in [2.24, 2.45) is 17.8 Å². The average Bonchev–Trinajstić information content (AvgIpc) is 3.19. The van der Waals surface area contributed by atoms with E-state index in [1.807, 2.05) is 0 Å². The van der Waals surface area contributed by atoms with Gasteiger partial charge in [0.15, 0.2) is 6.10 Å². The maximum atomic E-state index is 12.7. The molecule has 0 aliphatic carbocycles. The minimum atomic E-state index is -0.763. The van der Waals surface area contributed by atoms with Crippen LogP contribution in [0.4, 0.5) is 0 Å². The van der Waals surface area contributed by atoms with Gasteiger partial charge in [0, 0.05) is 19.3 Å². The molecule has 0 heterocycles. The number of hydrogen-bond donors (Lipinski definition) is 0. The highest BCUT2D eigenvalue weighted by atomic mass is 16.6. The van der Waals surface area contributed by atoms with Gasteiger partial charge in [-0.15, -0.1) is 0 Å². The fourth-order valence-corrected chi connectivity index (χ4v) is 7.73. The van der Waals surface area contributed by atoms with E-state index < -0.39 is 6.10 Å². The molecule has 0 aromatic rings. The van der Waals surface area contributed by atoms with Crippen LogP contribution in [0.2, 0.25) is 0 Å². The van der Waals surface area contributed by atoms with Gasteiger partial charge in [0.05, 0.1) is 0 Å². The fraction of sp³-hybridized carbons (Fsp3) is 0.942. The number of ether oxygens (including phenoxy) is 3. The Hall–Kier alpha value is -1.59. The molecular formula is C52H100O6. The zero-order chi connectivity index (χ0) is 42.7. The van der Waals surface area contributed by atoms with Gasteiger partial charge in [0.1, 0.15) is 13.2 Å². The normalized spacial score (nSPS) is 12.6. The van der Waals surface area contributed by atoms with E-state index in [-0.39, 0.29) is 31.1 Å². The minimum absolute atomic E-state index is 0.0658. The number of carbonyl (C=O) groups is 3. The van der Waals surface area contributed by atoms with Crippen molar-refractivity contribution >= 4 is 17.9 Å². The highest BCUT2D eigenvalue weighted by Crippen LogP contribution is 2.18. The van der Waals surface area contributed by atoms with Gasteiger partial charge < -0.3 is 14.2 Å². The van der Waals surface area contributed by atoms with Crippen LogP contribution >= 0.6 is 0 Å². The zero-order valence-electron chi connectivity index (χ0n) is 39.8. The standard InChI is InChI=1S/C52H100O6/c1-7-48(6)40-34-28-21-18-19-23-31-37-43-52(55)58-49(45-57-51(54)42-36-30-25-24-27-33-39-47(4)5)44-56-50(53)41-35-29-22-17-15-13-11-9-8-10-12-14-16-20-26-32-38-46(2)3/h46-49H,7-45H2,1-6H3/t48?,49-/m1/s1. The van der Waals surface area contributed by atoms with E-state index in [2.05, 4.69) is 41.5 Å². The van der Waals surface area contributed by atoms with E-state index in [0.29, 0.717) is 19.3 Å². The molecular weight excluding hydrogens is 721 g/mol. The first-order valence-corrected chi connectivity index (χ1v) is 25.6. The summed E-state index contributed by atoms with van der Waals surface area (Å²) in [5.41, 5.74) is 0. The van der Waals surface area contributed by atoms with Gasteiger partial charge >= 0.3 is 17.9 Å². The van der Waals surface area contributed by atoms with Crippen LogP contribution < -0.4 is 0 Å². The molecule has 6 nitrogen and oxygen atoms in total. The van der Waals surface area contributed by atoms with Crippen LogP contribution in [-0.4, -0.2) is 37.2 Å². The summed E-state index contributed by atoms with van der Waals surface area (Å²) in [6.07, 6.45) is 42.5. The van der Waals surface area contributed by atoms with E-state index in [0.717, 1.165) is 75.5 Å². The Morgan fingerprint density at radius 1 is 0.345 bits per heavy atom. The maximum absolute atomic E-state index is 12.7. The summed E-state index contributed by atoms with van der Waals surface area (Å²) >= 11 is 0. The summed E-state index contributed by atoms with van der Waals surface area (Å²) in [5, 5.41) is 0. The highest BCUT2D eigenvalue weighted by Gasteiger charge is 2.19. The lowest BCUT2D eigenvalue weighted by molar-refractivity contribution is -0.167. The third-order valence-electron chi connectivity index (χ3n) is 12.0. The summed E-state index contributed by atoms with van der Waals surface area (Å²) in [6, 6.07) is 0. The van der Waals surface area contributed by atoms with Crippen molar-refractivity contribution in [2.45, 2.75) is 285 Å². The van der Waals surface area contributed by atoms with Crippen LogP contribution in [0.1, 0.15) is 279 Å². The van der Waals surface area contributed by atoms with Crippen LogP contribution in [0.25, 0.3) is 0 Å². The van der Waals surface area contributed by atoms with Gasteiger partial charge in [-0.3, -0.25) is 14.4 Å². The summed E-state index contributed by atoms with van der Waals surface area (Å²) < 4.78 is 16.8. The second kappa shape index (κ2) is 43.5. The lowest BCUT2D eigenvalue weighted by Crippen LogP contribution is -2.30. The third kappa shape index (κ3) is 44.0.